The average molecular weight is 220 g/mol. The minimum absolute atomic E-state index is 0.332. The summed E-state index contributed by atoms with van der Waals surface area (Å²) >= 11 is 0. The van der Waals surface area contributed by atoms with Crippen LogP contribution < -0.4 is 0 Å². The van der Waals surface area contributed by atoms with Crippen LogP contribution in [0.15, 0.2) is 36.0 Å². The van der Waals surface area contributed by atoms with E-state index in [1.54, 1.807) is 0 Å². The van der Waals surface area contributed by atoms with E-state index >= 15 is 0 Å². The predicted molar refractivity (Wildman–Crippen MR) is 70.2 cm³/mol. The molecule has 0 saturated carbocycles. The number of aliphatic hydroxyl groups is 1. The van der Waals surface area contributed by atoms with E-state index in [2.05, 4.69) is 39.5 Å². The van der Waals surface area contributed by atoms with Crippen LogP contribution in [0.3, 0.4) is 0 Å². The first-order valence-corrected chi connectivity index (χ1v) is 6.19. The van der Waals surface area contributed by atoms with Crippen LogP contribution in [0.1, 0.15) is 40.0 Å². The van der Waals surface area contributed by atoms with E-state index in [0.717, 1.165) is 18.4 Å². The number of aliphatic hydroxyl groups excluding tert-OH is 1. The maximum absolute atomic E-state index is 9.75. The predicted octanol–water partition coefficient (Wildman–Crippen LogP) is 3.86. The fraction of sp³-hybridized carbons (Fsp3) is 0.600. The summed E-state index contributed by atoms with van der Waals surface area (Å²) in [4.78, 5) is 0. The third-order valence-corrected chi connectivity index (χ3v) is 3.39. The normalized spacial score (nSPS) is 26.6. The lowest BCUT2D eigenvalue weighted by atomic mass is 9.81. The molecular weight excluding hydrogens is 196 g/mol. The van der Waals surface area contributed by atoms with Gasteiger partial charge in [0.25, 0.3) is 0 Å². The molecule has 0 bridgehead atoms. The largest absolute Gasteiger partial charge is 0.388 e. The summed E-state index contributed by atoms with van der Waals surface area (Å²) in [6.07, 6.45) is 9.33. The highest BCUT2D eigenvalue weighted by Gasteiger charge is 2.22. The van der Waals surface area contributed by atoms with Crippen LogP contribution in [0.5, 0.6) is 0 Å². The lowest BCUT2D eigenvalue weighted by molar-refractivity contribution is 0.167. The molecule has 1 rings (SSSR count). The van der Waals surface area contributed by atoms with Crippen LogP contribution in [0, 0.1) is 11.8 Å². The lowest BCUT2D eigenvalue weighted by Crippen LogP contribution is -2.22. The van der Waals surface area contributed by atoms with Gasteiger partial charge < -0.3 is 5.11 Å². The van der Waals surface area contributed by atoms with Gasteiger partial charge in [0, 0.05) is 0 Å². The molecule has 90 valence electrons. The number of hydrogen-bond donors (Lipinski definition) is 1. The summed E-state index contributed by atoms with van der Waals surface area (Å²) in [5, 5.41) is 9.75. The van der Waals surface area contributed by atoms with E-state index in [-0.39, 0.29) is 6.10 Å². The summed E-state index contributed by atoms with van der Waals surface area (Å²) < 4.78 is 0. The molecule has 1 heteroatoms. The first-order valence-electron chi connectivity index (χ1n) is 6.19. The summed E-state index contributed by atoms with van der Waals surface area (Å²) in [5.74, 6) is 1.14. The van der Waals surface area contributed by atoms with Crippen LogP contribution >= 0.6 is 0 Å². The Hall–Kier alpha value is -0.820. The van der Waals surface area contributed by atoms with E-state index in [0.29, 0.717) is 11.8 Å². The van der Waals surface area contributed by atoms with Gasteiger partial charge in [-0.15, -0.1) is 0 Å². The molecule has 1 N–H and O–H groups in total. The van der Waals surface area contributed by atoms with Crippen LogP contribution in [-0.2, 0) is 0 Å². The molecule has 0 radical (unpaired) electrons. The molecule has 0 spiro atoms. The van der Waals surface area contributed by atoms with Gasteiger partial charge in [0.05, 0.1) is 6.10 Å². The molecule has 0 unspecified atom stereocenters. The third-order valence-electron chi connectivity index (χ3n) is 3.39. The highest BCUT2D eigenvalue weighted by Crippen LogP contribution is 2.29. The average Bonchev–Trinajstić information content (AvgIpc) is 2.21. The van der Waals surface area contributed by atoms with Crippen LogP contribution in [0.4, 0.5) is 0 Å². The van der Waals surface area contributed by atoms with Crippen molar-refractivity contribution in [1.29, 1.82) is 0 Å². The van der Waals surface area contributed by atoms with E-state index in [1.165, 1.54) is 12.0 Å². The maximum Gasteiger partial charge on any atom is 0.0790 e. The van der Waals surface area contributed by atoms with Gasteiger partial charge in [0.15, 0.2) is 0 Å². The smallest absolute Gasteiger partial charge is 0.0790 e. The van der Waals surface area contributed by atoms with E-state index in [9.17, 15) is 5.11 Å². The Morgan fingerprint density at radius 1 is 1.62 bits per heavy atom. The molecule has 0 fully saturated rings. The molecule has 0 aromatic rings. The summed E-state index contributed by atoms with van der Waals surface area (Å²) in [5.41, 5.74) is 2.24. The quantitative estimate of drug-likeness (QED) is 0.713. The molecule has 0 aromatic heterocycles. The SMILES string of the molecule is C=C1C=C[C@H]([C@H](C)CCC=C(C)C)C[C@@H]1O. The molecule has 0 heterocycles. The van der Waals surface area contributed by atoms with Crippen molar-refractivity contribution in [2.75, 3.05) is 0 Å². The maximum atomic E-state index is 9.75. The standard InChI is InChI=1S/C15H24O/c1-11(2)6-5-7-12(3)14-9-8-13(4)15(16)10-14/h6,8-9,12,14-16H,4-5,7,10H2,1-3H3/t12-,14+,15+/m1/s1. The zero-order chi connectivity index (χ0) is 12.1. The minimum atomic E-state index is -0.332. The van der Waals surface area contributed by atoms with Gasteiger partial charge >= 0.3 is 0 Å². The fourth-order valence-electron chi connectivity index (χ4n) is 2.12. The lowest BCUT2D eigenvalue weighted by Gasteiger charge is -2.27. The number of hydrogen-bond acceptors (Lipinski definition) is 1. The number of rotatable bonds is 4. The molecule has 1 nitrogen and oxygen atoms in total. The molecular formula is C15H24O. The van der Waals surface area contributed by atoms with Crippen molar-refractivity contribution in [2.45, 2.75) is 46.1 Å². The van der Waals surface area contributed by atoms with Crippen LogP contribution in [0.25, 0.3) is 0 Å². The van der Waals surface area contributed by atoms with Gasteiger partial charge in [-0.2, -0.15) is 0 Å². The fourth-order valence-corrected chi connectivity index (χ4v) is 2.12. The van der Waals surface area contributed by atoms with Crippen molar-refractivity contribution in [1.82, 2.24) is 0 Å². The first-order chi connectivity index (χ1) is 7.50. The number of allylic oxidation sites excluding steroid dienone is 3. The van der Waals surface area contributed by atoms with E-state index in [4.69, 9.17) is 0 Å². The topological polar surface area (TPSA) is 20.2 Å². The molecule has 0 amide bonds. The van der Waals surface area contributed by atoms with Crippen molar-refractivity contribution >= 4 is 0 Å². The highest BCUT2D eigenvalue weighted by atomic mass is 16.3. The molecule has 0 aliphatic heterocycles. The second kappa shape index (κ2) is 6.05. The van der Waals surface area contributed by atoms with Crippen molar-refractivity contribution in [3.63, 3.8) is 0 Å². The minimum Gasteiger partial charge on any atom is -0.388 e. The van der Waals surface area contributed by atoms with Crippen molar-refractivity contribution in [2.24, 2.45) is 11.8 Å². The van der Waals surface area contributed by atoms with E-state index in [1.807, 2.05) is 6.08 Å². The Morgan fingerprint density at radius 2 is 2.31 bits per heavy atom. The zero-order valence-corrected chi connectivity index (χ0v) is 10.7. The Kier molecular flexibility index (Phi) is 5.01. The first kappa shape index (κ1) is 13.2. The van der Waals surface area contributed by atoms with Crippen LogP contribution in [0.2, 0.25) is 0 Å². The van der Waals surface area contributed by atoms with Gasteiger partial charge in [-0.25, -0.2) is 0 Å². The van der Waals surface area contributed by atoms with Gasteiger partial charge in [-0.3, -0.25) is 0 Å². The monoisotopic (exact) mass is 220 g/mol. The Balaban J connectivity index is 2.43. The Morgan fingerprint density at radius 3 is 2.88 bits per heavy atom. The van der Waals surface area contributed by atoms with Crippen molar-refractivity contribution in [3.8, 4) is 0 Å². The van der Waals surface area contributed by atoms with Crippen LogP contribution in [-0.4, -0.2) is 11.2 Å². The van der Waals surface area contributed by atoms with E-state index < -0.39 is 0 Å². The molecule has 1 aliphatic rings. The summed E-state index contributed by atoms with van der Waals surface area (Å²) in [6, 6.07) is 0. The second-order valence-corrected chi connectivity index (χ2v) is 5.19. The molecule has 0 saturated heterocycles. The van der Waals surface area contributed by atoms with Gasteiger partial charge in [-0.1, -0.05) is 37.3 Å². The van der Waals surface area contributed by atoms with Crippen molar-refractivity contribution in [3.05, 3.63) is 36.0 Å². The van der Waals surface area contributed by atoms with Gasteiger partial charge in [-0.05, 0) is 50.5 Å². The van der Waals surface area contributed by atoms with Crippen molar-refractivity contribution < 1.29 is 5.11 Å². The summed E-state index contributed by atoms with van der Waals surface area (Å²) in [6.45, 7) is 10.4. The highest BCUT2D eigenvalue weighted by molar-refractivity contribution is 5.24. The third kappa shape index (κ3) is 3.97. The molecule has 3 atom stereocenters. The molecule has 1 aliphatic carbocycles. The van der Waals surface area contributed by atoms with Gasteiger partial charge in [0.1, 0.15) is 0 Å². The molecule has 0 aromatic carbocycles. The Labute approximate surface area is 99.6 Å². The summed E-state index contributed by atoms with van der Waals surface area (Å²) in [7, 11) is 0. The second-order valence-electron chi connectivity index (χ2n) is 5.19. The Bertz CT molecular complexity index is 295. The molecule has 16 heavy (non-hydrogen) atoms. The zero-order valence-electron chi connectivity index (χ0n) is 10.7. The van der Waals surface area contributed by atoms with Gasteiger partial charge in [0.2, 0.25) is 0 Å².